The smallest absolute Gasteiger partial charge is 0.247 e. The Balaban J connectivity index is 1.38. The first-order valence-corrected chi connectivity index (χ1v) is 10.4. The summed E-state index contributed by atoms with van der Waals surface area (Å²) in [6.07, 6.45) is 5.37. The van der Waals surface area contributed by atoms with Crippen LogP contribution in [0.4, 0.5) is 5.69 Å². The van der Waals surface area contributed by atoms with Gasteiger partial charge >= 0.3 is 0 Å². The molecule has 4 aliphatic carbocycles. The summed E-state index contributed by atoms with van der Waals surface area (Å²) < 4.78 is 0.800. The Bertz CT molecular complexity index is 880. The van der Waals surface area contributed by atoms with Crippen LogP contribution in [0.15, 0.2) is 34.8 Å². The summed E-state index contributed by atoms with van der Waals surface area (Å²) in [4.78, 5) is 40.1. The topological polar surface area (TPSA) is 66.5 Å². The van der Waals surface area contributed by atoms with Crippen molar-refractivity contribution in [3.8, 4) is 0 Å². The second-order valence-corrected chi connectivity index (χ2v) is 9.31. The van der Waals surface area contributed by atoms with E-state index < -0.39 is 11.9 Å². The van der Waals surface area contributed by atoms with Gasteiger partial charge in [0, 0.05) is 4.47 Å². The van der Waals surface area contributed by atoms with Gasteiger partial charge in [-0.3, -0.25) is 19.3 Å². The number of likely N-dealkylation sites (tertiary alicyclic amines) is 1. The van der Waals surface area contributed by atoms with E-state index in [9.17, 15) is 14.4 Å². The first-order chi connectivity index (χ1) is 12.9. The summed E-state index contributed by atoms with van der Waals surface area (Å²) in [5.41, 5.74) is 0.455. The highest BCUT2D eigenvalue weighted by molar-refractivity contribution is 9.10. The number of carbonyl (C=O) groups is 3. The maximum absolute atomic E-state index is 13.1. The standard InChI is InChI=1S/C20H18BrClN2O3/c1-8(18(25)23-15-5-2-9(21)6-14(15)22)24-19(26)16-10-3-4-11(13-7-12(10)13)17(16)20(24)27/h2-6,8,10-13,16-17H,7H2,1H3,(H,23,25)/t8-,10+,11+,12+,13+,16-,17-/m1/s1. The number of hydrogen-bond acceptors (Lipinski definition) is 3. The van der Waals surface area contributed by atoms with Crippen LogP contribution < -0.4 is 5.32 Å². The molecule has 3 amide bonds. The molecule has 1 aromatic carbocycles. The van der Waals surface area contributed by atoms with Crippen LogP contribution in [0.25, 0.3) is 0 Å². The van der Waals surface area contributed by atoms with Crippen molar-refractivity contribution in [1.82, 2.24) is 4.90 Å². The Kier molecular flexibility index (Phi) is 3.82. The van der Waals surface area contributed by atoms with Crippen LogP contribution in [0.1, 0.15) is 13.3 Å². The molecule has 5 aliphatic rings. The molecule has 3 fully saturated rings. The van der Waals surface area contributed by atoms with Crippen LogP contribution >= 0.6 is 27.5 Å². The van der Waals surface area contributed by atoms with Gasteiger partial charge in [0.15, 0.2) is 0 Å². The van der Waals surface area contributed by atoms with E-state index >= 15 is 0 Å². The average Bonchev–Trinajstić information content (AvgIpc) is 3.41. The minimum absolute atomic E-state index is 0.155. The molecule has 0 radical (unpaired) electrons. The number of nitrogens with one attached hydrogen (secondary N) is 1. The summed E-state index contributed by atoms with van der Waals surface area (Å²) >= 11 is 9.48. The molecule has 1 aliphatic heterocycles. The largest absolute Gasteiger partial charge is 0.323 e. The van der Waals surface area contributed by atoms with Crippen LogP contribution in [-0.2, 0) is 14.4 Å². The van der Waals surface area contributed by atoms with Crippen LogP contribution in [0.2, 0.25) is 5.02 Å². The van der Waals surface area contributed by atoms with E-state index in [2.05, 4.69) is 33.4 Å². The fourth-order valence-electron chi connectivity index (χ4n) is 5.31. The summed E-state index contributed by atoms with van der Waals surface area (Å²) in [5.74, 6) is 0.0200. The molecule has 2 saturated carbocycles. The average molecular weight is 450 g/mol. The summed E-state index contributed by atoms with van der Waals surface area (Å²) in [6.45, 7) is 1.60. The molecular formula is C20H18BrClN2O3. The zero-order chi connectivity index (χ0) is 19.0. The zero-order valence-corrected chi connectivity index (χ0v) is 16.9. The third-order valence-electron chi connectivity index (χ3n) is 6.65. The van der Waals surface area contributed by atoms with Crippen molar-refractivity contribution < 1.29 is 14.4 Å². The van der Waals surface area contributed by atoms with E-state index in [0.717, 1.165) is 10.9 Å². The molecule has 7 atom stereocenters. The lowest BCUT2D eigenvalue weighted by molar-refractivity contribution is -0.146. The monoisotopic (exact) mass is 448 g/mol. The molecule has 7 heteroatoms. The van der Waals surface area contributed by atoms with E-state index in [1.54, 1.807) is 25.1 Å². The number of anilines is 1. The zero-order valence-electron chi connectivity index (χ0n) is 14.6. The van der Waals surface area contributed by atoms with Gasteiger partial charge in [-0.1, -0.05) is 39.7 Å². The van der Waals surface area contributed by atoms with Crippen molar-refractivity contribution in [2.75, 3.05) is 5.32 Å². The van der Waals surface area contributed by atoms with E-state index in [1.807, 2.05) is 0 Å². The van der Waals surface area contributed by atoms with E-state index in [4.69, 9.17) is 11.6 Å². The van der Waals surface area contributed by atoms with Crippen LogP contribution in [-0.4, -0.2) is 28.7 Å². The minimum atomic E-state index is -0.869. The number of halogens is 2. The first-order valence-electron chi connectivity index (χ1n) is 9.19. The van der Waals surface area contributed by atoms with Gasteiger partial charge < -0.3 is 5.32 Å². The van der Waals surface area contributed by atoms with Crippen molar-refractivity contribution in [2.45, 2.75) is 19.4 Å². The number of carbonyl (C=O) groups excluding carboxylic acids is 3. The van der Waals surface area contributed by atoms with Crippen molar-refractivity contribution in [3.05, 3.63) is 39.8 Å². The van der Waals surface area contributed by atoms with Crippen LogP contribution in [0.5, 0.6) is 0 Å². The second kappa shape index (κ2) is 5.92. The number of allylic oxidation sites excluding steroid dienone is 2. The fraction of sp³-hybridized carbons (Fsp3) is 0.450. The molecule has 2 bridgehead atoms. The van der Waals surface area contributed by atoms with Crippen LogP contribution in [0, 0.1) is 35.5 Å². The number of hydrogen-bond donors (Lipinski definition) is 1. The third-order valence-corrected chi connectivity index (χ3v) is 7.46. The highest BCUT2D eigenvalue weighted by Crippen LogP contribution is 2.65. The van der Waals surface area contributed by atoms with E-state index in [1.165, 1.54) is 4.90 Å². The molecular weight excluding hydrogens is 432 g/mol. The van der Waals surface area contributed by atoms with Gasteiger partial charge in [-0.05, 0) is 55.2 Å². The van der Waals surface area contributed by atoms with Crippen molar-refractivity contribution in [2.24, 2.45) is 35.5 Å². The first kappa shape index (κ1) is 17.4. The Labute approximate surface area is 170 Å². The maximum atomic E-state index is 13.1. The van der Waals surface area contributed by atoms with Gasteiger partial charge in [0.1, 0.15) is 6.04 Å². The SMILES string of the molecule is C[C@H](C(=O)Nc1ccc(Br)cc1Cl)N1C(=O)[C@@H]2[C@H]3C=C[C@@H]([C@@H]4C[C@@H]34)[C@H]2C1=O. The summed E-state index contributed by atoms with van der Waals surface area (Å²) in [5, 5.41) is 3.13. The number of benzene rings is 1. The Morgan fingerprint density at radius 1 is 1.19 bits per heavy atom. The molecule has 27 heavy (non-hydrogen) atoms. The van der Waals surface area contributed by atoms with Gasteiger partial charge in [-0.2, -0.15) is 0 Å². The second-order valence-electron chi connectivity index (χ2n) is 7.99. The van der Waals surface area contributed by atoms with Crippen molar-refractivity contribution in [1.29, 1.82) is 0 Å². The van der Waals surface area contributed by atoms with Gasteiger partial charge in [0.2, 0.25) is 17.7 Å². The number of nitrogens with zero attached hydrogens (tertiary/aromatic N) is 1. The molecule has 1 saturated heterocycles. The van der Waals surface area contributed by atoms with Gasteiger partial charge in [0.25, 0.3) is 0 Å². The van der Waals surface area contributed by atoms with Gasteiger partial charge in [-0.15, -0.1) is 0 Å². The lowest BCUT2D eigenvalue weighted by atomic mass is 9.63. The molecule has 1 heterocycles. The van der Waals surface area contributed by atoms with Crippen molar-refractivity contribution in [3.63, 3.8) is 0 Å². The highest BCUT2D eigenvalue weighted by Gasteiger charge is 2.67. The van der Waals surface area contributed by atoms with E-state index in [0.29, 0.717) is 22.5 Å². The summed E-state index contributed by atoms with van der Waals surface area (Å²) in [6, 6.07) is 4.26. The lowest BCUT2D eigenvalue weighted by Gasteiger charge is -2.37. The predicted molar refractivity (Wildman–Crippen MR) is 104 cm³/mol. The lowest BCUT2D eigenvalue weighted by Crippen LogP contribution is -2.46. The normalized spacial score (nSPS) is 36.5. The highest BCUT2D eigenvalue weighted by atomic mass is 79.9. The molecule has 0 spiro atoms. The van der Waals surface area contributed by atoms with Gasteiger partial charge in [0.05, 0.1) is 22.5 Å². The Morgan fingerprint density at radius 3 is 2.33 bits per heavy atom. The predicted octanol–water partition coefficient (Wildman–Crippen LogP) is 3.48. The molecule has 1 N–H and O–H groups in total. The Morgan fingerprint density at radius 2 is 1.78 bits per heavy atom. The fourth-order valence-corrected chi connectivity index (χ4v) is 6.03. The number of amides is 3. The summed E-state index contributed by atoms with van der Waals surface area (Å²) in [7, 11) is 0. The van der Waals surface area contributed by atoms with Gasteiger partial charge in [-0.25, -0.2) is 0 Å². The molecule has 140 valence electrons. The molecule has 0 aromatic heterocycles. The van der Waals surface area contributed by atoms with E-state index in [-0.39, 0.29) is 35.5 Å². The van der Waals surface area contributed by atoms with Crippen LogP contribution in [0.3, 0.4) is 0 Å². The molecule has 0 unspecified atom stereocenters. The Hall–Kier alpha value is -1.66. The number of imide groups is 1. The molecule has 6 rings (SSSR count). The van der Waals surface area contributed by atoms with Crippen molar-refractivity contribution >= 4 is 50.9 Å². The number of rotatable bonds is 3. The quantitative estimate of drug-likeness (QED) is 0.567. The third kappa shape index (κ3) is 2.46. The molecule has 1 aromatic rings. The minimum Gasteiger partial charge on any atom is -0.323 e. The molecule has 5 nitrogen and oxygen atoms in total. The maximum Gasteiger partial charge on any atom is 0.247 e.